The molecule has 0 fully saturated rings. The van der Waals surface area contributed by atoms with Crippen molar-refractivity contribution in [1.29, 1.82) is 0 Å². The third-order valence-corrected chi connectivity index (χ3v) is 9.46. The third kappa shape index (κ3) is 4.16. The molecule has 9 aromatic rings. The molecule has 0 saturated carbocycles. The second kappa shape index (κ2) is 10.6. The second-order valence-corrected chi connectivity index (χ2v) is 12.2. The fourth-order valence-electron chi connectivity index (χ4n) is 7.16. The number of phenols is 5. The van der Waals surface area contributed by atoms with Gasteiger partial charge in [-0.25, -0.2) is 0 Å². The maximum absolute atomic E-state index is 10.8. The second-order valence-electron chi connectivity index (χ2n) is 12.2. The number of aromatic hydroxyl groups is 5. The minimum atomic E-state index is -0.998. The van der Waals surface area contributed by atoms with E-state index in [4.69, 9.17) is 0 Å². The van der Waals surface area contributed by atoms with Crippen molar-refractivity contribution in [2.75, 3.05) is 0 Å². The molecule has 0 spiro atoms. The summed E-state index contributed by atoms with van der Waals surface area (Å²) < 4.78 is 3.87. The molecule has 7 nitrogen and oxygen atoms in total. The summed E-state index contributed by atoms with van der Waals surface area (Å²) in [5.74, 6) is -4.35. The van der Waals surface area contributed by atoms with Gasteiger partial charge in [-0.05, 0) is 70.8 Å². The van der Waals surface area contributed by atoms with Crippen molar-refractivity contribution < 1.29 is 25.5 Å². The zero-order valence-electron chi connectivity index (χ0n) is 25.9. The molecular weight excluding hydrogens is 612 g/mol. The van der Waals surface area contributed by atoms with Crippen molar-refractivity contribution in [2.24, 2.45) is 0 Å². The first-order valence-electron chi connectivity index (χ1n) is 15.8. The Hall–Kier alpha value is -6.86. The molecule has 0 amide bonds. The Kier molecular flexibility index (Phi) is 6.13. The number of para-hydroxylation sites is 2. The van der Waals surface area contributed by atoms with E-state index in [1.807, 2.05) is 42.5 Å². The van der Waals surface area contributed by atoms with Crippen molar-refractivity contribution in [3.8, 4) is 62.4 Å². The highest BCUT2D eigenvalue weighted by atomic mass is 16.4. The maximum Gasteiger partial charge on any atom is 0.208 e. The van der Waals surface area contributed by atoms with Crippen LogP contribution in [0.15, 0.2) is 140 Å². The van der Waals surface area contributed by atoms with Gasteiger partial charge in [0.05, 0.1) is 22.1 Å². The van der Waals surface area contributed by atoms with Crippen molar-refractivity contribution in [2.45, 2.75) is 0 Å². The summed E-state index contributed by atoms with van der Waals surface area (Å²) in [6.07, 6.45) is 0. The van der Waals surface area contributed by atoms with Crippen LogP contribution >= 0.6 is 0 Å². The van der Waals surface area contributed by atoms with Crippen molar-refractivity contribution in [3.63, 3.8) is 0 Å². The molecule has 0 aliphatic carbocycles. The van der Waals surface area contributed by atoms with Crippen molar-refractivity contribution in [3.05, 3.63) is 140 Å². The lowest BCUT2D eigenvalue weighted by molar-refractivity contribution is 0.327. The van der Waals surface area contributed by atoms with E-state index in [2.05, 4.69) is 102 Å². The van der Waals surface area contributed by atoms with Crippen LogP contribution in [0.4, 0.5) is 0 Å². The van der Waals surface area contributed by atoms with E-state index in [1.165, 1.54) is 0 Å². The van der Waals surface area contributed by atoms with E-state index in [0.29, 0.717) is 11.0 Å². The Balaban J connectivity index is 1.23. The number of hydrogen-bond donors (Lipinski definition) is 5. The lowest BCUT2D eigenvalue weighted by Gasteiger charge is -2.15. The Morgan fingerprint density at radius 1 is 0.306 bits per heavy atom. The monoisotopic (exact) mass is 640 g/mol. The van der Waals surface area contributed by atoms with Gasteiger partial charge in [-0.15, -0.1) is 0 Å². The minimum absolute atomic E-state index is 0.239. The fourth-order valence-corrected chi connectivity index (χ4v) is 7.16. The molecule has 0 unspecified atom stereocenters. The van der Waals surface area contributed by atoms with Gasteiger partial charge in [-0.1, -0.05) is 91.0 Å². The quantitative estimate of drug-likeness (QED) is 0.0972. The topological polar surface area (TPSA) is 111 Å². The average Bonchev–Trinajstić information content (AvgIpc) is 3.66. The molecule has 0 radical (unpaired) electrons. The van der Waals surface area contributed by atoms with Gasteiger partial charge in [0, 0.05) is 27.2 Å². The summed E-state index contributed by atoms with van der Waals surface area (Å²) in [5, 5.41) is 56.3. The van der Waals surface area contributed by atoms with E-state index in [0.717, 1.165) is 60.5 Å². The van der Waals surface area contributed by atoms with Crippen LogP contribution in [0.5, 0.6) is 28.7 Å². The van der Waals surface area contributed by atoms with Gasteiger partial charge in [0.1, 0.15) is 5.69 Å². The number of benzene rings is 7. The maximum atomic E-state index is 10.8. The van der Waals surface area contributed by atoms with Crippen LogP contribution in [0, 0.1) is 0 Å². The summed E-state index contributed by atoms with van der Waals surface area (Å²) in [6.45, 7) is 0. The molecule has 7 aromatic carbocycles. The highest BCUT2D eigenvalue weighted by Gasteiger charge is 2.27. The predicted octanol–water partition coefficient (Wildman–Crippen LogP) is 9.74. The van der Waals surface area contributed by atoms with Crippen LogP contribution in [-0.2, 0) is 0 Å². The molecule has 49 heavy (non-hydrogen) atoms. The Morgan fingerprint density at radius 3 is 1.37 bits per heavy atom. The lowest BCUT2D eigenvalue weighted by Crippen LogP contribution is -1.96. The first-order valence-corrected chi connectivity index (χ1v) is 15.8. The molecule has 0 aliphatic heterocycles. The number of rotatable bonds is 4. The van der Waals surface area contributed by atoms with Crippen molar-refractivity contribution >= 4 is 43.6 Å². The summed E-state index contributed by atoms with van der Waals surface area (Å²) in [6, 6.07) is 47.3. The van der Waals surface area contributed by atoms with Crippen LogP contribution in [0.25, 0.3) is 77.2 Å². The molecule has 0 saturated heterocycles. The molecule has 7 heteroatoms. The number of nitrogens with zero attached hydrogens (tertiary/aromatic N) is 2. The van der Waals surface area contributed by atoms with Crippen LogP contribution in [0.1, 0.15) is 0 Å². The first-order chi connectivity index (χ1) is 23.9. The van der Waals surface area contributed by atoms with Crippen LogP contribution in [-0.4, -0.2) is 34.7 Å². The first kappa shape index (κ1) is 28.4. The molecular formula is C42H28N2O5. The van der Waals surface area contributed by atoms with E-state index < -0.39 is 28.7 Å². The molecule has 236 valence electrons. The van der Waals surface area contributed by atoms with Gasteiger partial charge in [0.15, 0.2) is 11.5 Å². The SMILES string of the molecule is Oc1c(O)c(O)c(-n2c3ccccc3c3cc(-c4ccc5c(c4)c4ccccc4n5-c4cccc(-c5ccccc5)c4)ccc32)c(O)c1O. The van der Waals surface area contributed by atoms with Gasteiger partial charge in [-0.3, -0.25) is 0 Å². The summed E-state index contributed by atoms with van der Waals surface area (Å²) in [4.78, 5) is 0. The Morgan fingerprint density at radius 2 is 0.755 bits per heavy atom. The summed E-state index contributed by atoms with van der Waals surface area (Å²) in [7, 11) is 0. The number of phenolic OH excluding ortho intramolecular Hbond substituents is 5. The highest BCUT2D eigenvalue weighted by Crippen LogP contribution is 2.54. The van der Waals surface area contributed by atoms with Crippen LogP contribution in [0.3, 0.4) is 0 Å². The summed E-state index contributed by atoms with van der Waals surface area (Å²) >= 11 is 0. The smallest absolute Gasteiger partial charge is 0.208 e. The van der Waals surface area contributed by atoms with Crippen LogP contribution in [0.2, 0.25) is 0 Å². The lowest BCUT2D eigenvalue weighted by atomic mass is 10.0. The molecule has 0 aliphatic rings. The molecule has 2 aromatic heterocycles. The molecule has 0 bridgehead atoms. The van der Waals surface area contributed by atoms with Gasteiger partial charge in [0.25, 0.3) is 0 Å². The molecule has 2 heterocycles. The minimum Gasteiger partial charge on any atom is -0.503 e. The van der Waals surface area contributed by atoms with E-state index in [9.17, 15) is 25.5 Å². The largest absolute Gasteiger partial charge is 0.503 e. The summed E-state index contributed by atoms with van der Waals surface area (Å²) in [5.41, 5.74) is 8.56. The predicted molar refractivity (Wildman–Crippen MR) is 194 cm³/mol. The van der Waals surface area contributed by atoms with E-state index >= 15 is 0 Å². The number of fused-ring (bicyclic) bond motifs is 6. The fraction of sp³-hybridized carbons (Fsp3) is 0. The number of aromatic nitrogens is 2. The standard InChI is InChI=1S/C42H28N2O5/c45-38-37(39(46)41(48)42(49)40(38)47)44-34-16-7-5-14-30(34)32-23-27(18-20-36(32)44)26-17-19-35-31(22-26)29-13-4-6-15-33(29)43(35)28-12-8-11-25(21-28)24-9-2-1-3-10-24/h1-23,45-49H. The molecule has 0 atom stereocenters. The van der Waals surface area contributed by atoms with Crippen molar-refractivity contribution in [1.82, 2.24) is 9.13 Å². The zero-order valence-corrected chi connectivity index (χ0v) is 25.9. The Labute approximate surface area is 279 Å². The zero-order chi connectivity index (χ0) is 33.4. The molecule has 5 N–H and O–H groups in total. The van der Waals surface area contributed by atoms with Gasteiger partial charge >= 0.3 is 0 Å². The van der Waals surface area contributed by atoms with Crippen LogP contribution < -0.4 is 0 Å². The number of hydrogen-bond acceptors (Lipinski definition) is 5. The molecule has 9 rings (SSSR count). The van der Waals surface area contributed by atoms with Gasteiger partial charge < -0.3 is 34.7 Å². The van der Waals surface area contributed by atoms with E-state index in [1.54, 1.807) is 4.57 Å². The van der Waals surface area contributed by atoms with Gasteiger partial charge in [0.2, 0.25) is 17.2 Å². The third-order valence-electron chi connectivity index (χ3n) is 9.46. The van der Waals surface area contributed by atoms with E-state index in [-0.39, 0.29) is 5.69 Å². The highest BCUT2D eigenvalue weighted by molar-refractivity contribution is 6.13. The average molecular weight is 641 g/mol. The van der Waals surface area contributed by atoms with Gasteiger partial charge in [-0.2, -0.15) is 0 Å². The normalized spacial score (nSPS) is 11.7. The Bertz CT molecular complexity index is 2750.